The highest BCUT2D eigenvalue weighted by atomic mass is 16.7. The summed E-state index contributed by atoms with van der Waals surface area (Å²) in [6, 6.07) is 21.1. The summed E-state index contributed by atoms with van der Waals surface area (Å²) in [5.41, 5.74) is 5.73. The van der Waals surface area contributed by atoms with E-state index >= 15 is 0 Å². The second-order valence-corrected chi connectivity index (χ2v) is 8.87. The van der Waals surface area contributed by atoms with E-state index in [4.69, 9.17) is 9.47 Å². The number of H-pyrrole nitrogens is 1. The van der Waals surface area contributed by atoms with Crippen molar-refractivity contribution < 1.29 is 19.1 Å². The Morgan fingerprint density at radius 1 is 1.00 bits per heavy atom. The largest absolute Gasteiger partial charge is 0.454 e. The first-order chi connectivity index (χ1) is 17.1. The van der Waals surface area contributed by atoms with Crippen LogP contribution >= 0.6 is 0 Å². The molecule has 6 nitrogen and oxygen atoms in total. The lowest BCUT2D eigenvalue weighted by Crippen LogP contribution is -2.39. The highest BCUT2D eigenvalue weighted by Crippen LogP contribution is 2.42. The second-order valence-electron chi connectivity index (χ2n) is 8.87. The summed E-state index contributed by atoms with van der Waals surface area (Å²) in [6.07, 6.45) is 4.12. The van der Waals surface area contributed by atoms with Crippen LogP contribution in [0.2, 0.25) is 0 Å². The average Bonchev–Trinajstić information content (AvgIpc) is 3.50. The number of hydrogen-bond acceptors (Lipinski definition) is 4. The number of Topliss-reactive ketones (excluding diaryl/α,β-unsaturated/α-hetero) is 1. The molecule has 35 heavy (non-hydrogen) atoms. The fourth-order valence-electron chi connectivity index (χ4n) is 5.03. The zero-order chi connectivity index (χ0) is 23.9. The molecule has 3 aromatic carbocycles. The number of para-hydroxylation sites is 1. The minimum absolute atomic E-state index is 0.00294. The van der Waals surface area contributed by atoms with Crippen molar-refractivity contribution in [2.45, 2.75) is 19.4 Å². The first kappa shape index (κ1) is 21.2. The Kier molecular flexibility index (Phi) is 5.14. The summed E-state index contributed by atoms with van der Waals surface area (Å²) in [4.78, 5) is 30.7. The van der Waals surface area contributed by atoms with Gasteiger partial charge in [0.1, 0.15) is 0 Å². The predicted molar refractivity (Wildman–Crippen MR) is 134 cm³/mol. The molecule has 4 aromatic rings. The zero-order valence-electron chi connectivity index (χ0n) is 19.3. The lowest BCUT2D eigenvalue weighted by Gasteiger charge is -2.35. The number of aromatic nitrogens is 1. The van der Waals surface area contributed by atoms with Gasteiger partial charge in [-0.3, -0.25) is 9.59 Å². The predicted octanol–water partition coefficient (Wildman–Crippen LogP) is 5.29. The fraction of sp³-hybridized carbons (Fsp3) is 0.172. The molecule has 6 rings (SSSR count). The summed E-state index contributed by atoms with van der Waals surface area (Å²) in [5, 5.41) is 1.19. The molecule has 0 spiro atoms. The van der Waals surface area contributed by atoms with Gasteiger partial charge in [-0.25, -0.2) is 0 Å². The third kappa shape index (κ3) is 3.77. The van der Waals surface area contributed by atoms with Gasteiger partial charge in [0.25, 0.3) is 0 Å². The lowest BCUT2D eigenvalue weighted by molar-refractivity contribution is -0.128. The Labute approximate surface area is 202 Å². The molecular formula is C29H24N2O4. The van der Waals surface area contributed by atoms with E-state index in [0.29, 0.717) is 23.6 Å². The number of rotatable bonds is 4. The van der Waals surface area contributed by atoms with Crippen molar-refractivity contribution in [3.63, 3.8) is 0 Å². The van der Waals surface area contributed by atoms with E-state index in [0.717, 1.165) is 28.8 Å². The van der Waals surface area contributed by atoms with Crippen molar-refractivity contribution in [3.05, 3.63) is 101 Å². The molecule has 1 atom stereocenters. The SMILES string of the molecule is CC(=O)c1cccc(/C=C/C(=O)N2CCc3c([nH]c4ccccc34)C2c2ccc3c(c2)OCO3)c1. The number of amides is 1. The van der Waals surface area contributed by atoms with E-state index in [1.54, 1.807) is 24.3 Å². The molecule has 174 valence electrons. The summed E-state index contributed by atoms with van der Waals surface area (Å²) >= 11 is 0. The van der Waals surface area contributed by atoms with Gasteiger partial charge in [0.2, 0.25) is 12.7 Å². The average molecular weight is 465 g/mol. The molecule has 1 aromatic heterocycles. The highest BCUT2D eigenvalue weighted by Gasteiger charge is 2.34. The van der Waals surface area contributed by atoms with Crippen LogP contribution in [0.15, 0.2) is 72.8 Å². The van der Waals surface area contributed by atoms with Gasteiger partial charge in [-0.05, 0) is 60.4 Å². The number of benzene rings is 3. The molecule has 1 N–H and O–H groups in total. The Hall–Kier alpha value is -4.32. The van der Waals surface area contributed by atoms with Crippen LogP contribution in [0.4, 0.5) is 0 Å². The zero-order valence-corrected chi connectivity index (χ0v) is 19.3. The van der Waals surface area contributed by atoms with E-state index in [1.165, 1.54) is 17.9 Å². The Morgan fingerprint density at radius 2 is 1.86 bits per heavy atom. The van der Waals surface area contributed by atoms with Gasteiger partial charge in [-0.2, -0.15) is 0 Å². The molecular weight excluding hydrogens is 440 g/mol. The molecule has 1 amide bonds. The van der Waals surface area contributed by atoms with Gasteiger partial charge in [0, 0.05) is 34.8 Å². The van der Waals surface area contributed by atoms with Crippen LogP contribution in [0.25, 0.3) is 17.0 Å². The van der Waals surface area contributed by atoms with Crippen LogP contribution in [0.1, 0.15) is 45.7 Å². The van der Waals surface area contributed by atoms with Crippen molar-refractivity contribution in [1.82, 2.24) is 9.88 Å². The molecule has 0 bridgehead atoms. The Balaban J connectivity index is 1.40. The number of ether oxygens (including phenoxy) is 2. The monoisotopic (exact) mass is 464 g/mol. The van der Waals surface area contributed by atoms with Gasteiger partial charge in [0.05, 0.1) is 6.04 Å². The van der Waals surface area contributed by atoms with Crippen LogP contribution in [-0.4, -0.2) is 34.9 Å². The van der Waals surface area contributed by atoms with Crippen molar-refractivity contribution in [2.75, 3.05) is 13.3 Å². The number of carbonyl (C=O) groups excluding carboxylic acids is 2. The molecule has 6 heteroatoms. The second kappa shape index (κ2) is 8.47. The third-order valence-electron chi connectivity index (χ3n) is 6.74. The van der Waals surface area contributed by atoms with E-state index in [-0.39, 0.29) is 24.5 Å². The number of ketones is 1. The quantitative estimate of drug-likeness (QED) is 0.329. The van der Waals surface area contributed by atoms with Crippen molar-refractivity contribution >= 4 is 28.7 Å². The van der Waals surface area contributed by atoms with E-state index in [1.807, 2.05) is 47.4 Å². The number of carbonyl (C=O) groups is 2. The van der Waals surface area contributed by atoms with Crippen LogP contribution in [0, 0.1) is 0 Å². The minimum atomic E-state index is -0.290. The normalized spacial score (nSPS) is 16.6. The van der Waals surface area contributed by atoms with Crippen molar-refractivity contribution in [2.24, 2.45) is 0 Å². The summed E-state index contributed by atoms with van der Waals surface area (Å²) in [6.45, 7) is 2.33. The molecule has 0 fully saturated rings. The molecule has 0 aliphatic carbocycles. The lowest BCUT2D eigenvalue weighted by atomic mass is 9.92. The van der Waals surface area contributed by atoms with Crippen molar-refractivity contribution in [1.29, 1.82) is 0 Å². The highest BCUT2D eigenvalue weighted by molar-refractivity contribution is 5.96. The number of nitrogens with one attached hydrogen (secondary N) is 1. The molecule has 3 heterocycles. The molecule has 0 saturated heterocycles. The third-order valence-corrected chi connectivity index (χ3v) is 6.74. The minimum Gasteiger partial charge on any atom is -0.454 e. The van der Waals surface area contributed by atoms with Gasteiger partial charge >= 0.3 is 0 Å². The van der Waals surface area contributed by atoms with Crippen LogP contribution in [-0.2, 0) is 11.2 Å². The Bertz CT molecular complexity index is 1500. The molecule has 2 aliphatic rings. The van der Waals surface area contributed by atoms with Gasteiger partial charge in [0.15, 0.2) is 17.3 Å². The summed E-state index contributed by atoms with van der Waals surface area (Å²) in [7, 11) is 0. The number of aromatic amines is 1. The van der Waals surface area contributed by atoms with E-state index in [2.05, 4.69) is 17.1 Å². The van der Waals surface area contributed by atoms with E-state index < -0.39 is 0 Å². The first-order valence-corrected chi connectivity index (χ1v) is 11.7. The number of hydrogen-bond donors (Lipinski definition) is 1. The maximum Gasteiger partial charge on any atom is 0.247 e. The number of nitrogens with zero attached hydrogens (tertiary/aromatic N) is 1. The summed E-state index contributed by atoms with van der Waals surface area (Å²) in [5.74, 6) is 1.31. The van der Waals surface area contributed by atoms with Gasteiger partial charge in [-0.15, -0.1) is 0 Å². The maximum atomic E-state index is 13.5. The first-order valence-electron chi connectivity index (χ1n) is 11.7. The number of fused-ring (bicyclic) bond motifs is 4. The molecule has 2 aliphatic heterocycles. The standard InChI is InChI=1S/C29H24N2O4/c1-18(32)20-6-4-5-19(15-20)9-12-27(33)31-14-13-23-22-7-2-3-8-24(22)30-28(23)29(31)21-10-11-25-26(16-21)35-17-34-25/h2-12,15-16,29-30H,13-14,17H2,1H3/b12-9+. The molecule has 1 unspecified atom stereocenters. The van der Waals surface area contributed by atoms with Crippen LogP contribution in [0.3, 0.4) is 0 Å². The molecule has 0 saturated carbocycles. The fourth-order valence-corrected chi connectivity index (χ4v) is 5.03. The van der Waals surface area contributed by atoms with Gasteiger partial charge < -0.3 is 19.4 Å². The molecule has 0 radical (unpaired) electrons. The van der Waals surface area contributed by atoms with Crippen LogP contribution in [0.5, 0.6) is 11.5 Å². The maximum absolute atomic E-state index is 13.5. The van der Waals surface area contributed by atoms with Gasteiger partial charge in [-0.1, -0.05) is 42.5 Å². The van der Waals surface area contributed by atoms with Crippen LogP contribution < -0.4 is 9.47 Å². The summed E-state index contributed by atoms with van der Waals surface area (Å²) < 4.78 is 11.1. The van der Waals surface area contributed by atoms with Crippen molar-refractivity contribution in [3.8, 4) is 11.5 Å². The van der Waals surface area contributed by atoms with E-state index in [9.17, 15) is 9.59 Å². The Morgan fingerprint density at radius 3 is 2.74 bits per heavy atom. The topological polar surface area (TPSA) is 71.6 Å². The smallest absolute Gasteiger partial charge is 0.247 e.